The second kappa shape index (κ2) is 4.37. The van der Waals surface area contributed by atoms with E-state index >= 15 is 0 Å². The largest absolute Gasteiger partial charge is 0.398 e. The first-order valence-corrected chi connectivity index (χ1v) is 4.85. The minimum absolute atomic E-state index is 0.104. The molecular weight excluding hydrogens is 194 g/mol. The van der Waals surface area contributed by atoms with Crippen LogP contribution in [0.2, 0.25) is 0 Å². The Hall–Kier alpha value is -1.46. The van der Waals surface area contributed by atoms with Gasteiger partial charge in [-0.25, -0.2) is 0 Å². The molecule has 0 aliphatic carbocycles. The molecule has 2 heterocycles. The summed E-state index contributed by atoms with van der Waals surface area (Å²) in [6, 6.07) is 1.61. The molecule has 1 atom stereocenters. The van der Waals surface area contributed by atoms with Crippen LogP contribution in [0.15, 0.2) is 18.5 Å². The van der Waals surface area contributed by atoms with Gasteiger partial charge in [-0.15, -0.1) is 0 Å². The number of pyridine rings is 1. The maximum Gasteiger partial charge on any atom is 0.196 e. The van der Waals surface area contributed by atoms with E-state index in [0.717, 1.165) is 6.54 Å². The summed E-state index contributed by atoms with van der Waals surface area (Å²) in [5, 5.41) is 3.10. The van der Waals surface area contributed by atoms with Gasteiger partial charge < -0.3 is 15.8 Å². The molecule has 0 amide bonds. The number of carbonyl (C=O) groups excluding carboxylic acids is 1. The lowest BCUT2D eigenvalue weighted by atomic mass is 10.1. The van der Waals surface area contributed by atoms with E-state index in [9.17, 15) is 4.79 Å². The van der Waals surface area contributed by atoms with Crippen molar-refractivity contribution in [3.05, 3.63) is 24.0 Å². The van der Waals surface area contributed by atoms with E-state index in [2.05, 4.69) is 10.3 Å². The van der Waals surface area contributed by atoms with Gasteiger partial charge in [0.25, 0.3) is 0 Å². The molecular formula is C10H13N3O2. The average molecular weight is 207 g/mol. The molecule has 1 aromatic rings. The second-order valence-electron chi connectivity index (χ2n) is 3.39. The topological polar surface area (TPSA) is 77.2 Å². The SMILES string of the molecule is Nc1ccncc1C(=O)C1CNCCO1. The van der Waals surface area contributed by atoms with Gasteiger partial charge in [0.05, 0.1) is 12.2 Å². The zero-order valence-corrected chi connectivity index (χ0v) is 8.27. The lowest BCUT2D eigenvalue weighted by Crippen LogP contribution is -2.43. The summed E-state index contributed by atoms with van der Waals surface area (Å²) >= 11 is 0. The fraction of sp³-hybridized carbons (Fsp3) is 0.400. The van der Waals surface area contributed by atoms with Gasteiger partial charge in [0, 0.05) is 31.2 Å². The van der Waals surface area contributed by atoms with Crippen LogP contribution in [0.1, 0.15) is 10.4 Å². The molecule has 1 aromatic heterocycles. The monoisotopic (exact) mass is 207 g/mol. The minimum Gasteiger partial charge on any atom is -0.398 e. The molecule has 1 aliphatic heterocycles. The normalized spacial score (nSPS) is 21.2. The number of hydrogen-bond acceptors (Lipinski definition) is 5. The van der Waals surface area contributed by atoms with Gasteiger partial charge >= 0.3 is 0 Å². The number of carbonyl (C=O) groups is 1. The predicted octanol–water partition coefficient (Wildman–Crippen LogP) is -0.165. The maximum absolute atomic E-state index is 11.9. The molecule has 0 saturated carbocycles. The number of Topliss-reactive ketones (excluding diaryl/α,β-unsaturated/α-hetero) is 1. The van der Waals surface area contributed by atoms with Gasteiger partial charge in [-0.3, -0.25) is 9.78 Å². The van der Waals surface area contributed by atoms with Crippen LogP contribution in [-0.4, -0.2) is 36.6 Å². The van der Waals surface area contributed by atoms with Crippen LogP contribution in [-0.2, 0) is 4.74 Å². The van der Waals surface area contributed by atoms with Crippen molar-refractivity contribution in [2.45, 2.75) is 6.10 Å². The van der Waals surface area contributed by atoms with E-state index in [1.54, 1.807) is 12.3 Å². The summed E-state index contributed by atoms with van der Waals surface area (Å²) in [5.74, 6) is -0.104. The highest BCUT2D eigenvalue weighted by Crippen LogP contribution is 2.13. The van der Waals surface area contributed by atoms with E-state index in [1.165, 1.54) is 6.20 Å². The molecule has 0 aromatic carbocycles. The third kappa shape index (κ3) is 2.14. The number of nitrogens with one attached hydrogen (secondary N) is 1. The summed E-state index contributed by atoms with van der Waals surface area (Å²) < 4.78 is 5.35. The van der Waals surface area contributed by atoms with Crippen molar-refractivity contribution in [1.82, 2.24) is 10.3 Å². The minimum atomic E-state index is -0.440. The standard InChI is InChI=1S/C10H13N3O2/c11-8-1-2-12-5-7(8)10(14)9-6-13-3-4-15-9/h1-2,5,9,13H,3-4,6H2,(H2,11,12). The molecule has 1 fully saturated rings. The van der Waals surface area contributed by atoms with E-state index in [4.69, 9.17) is 10.5 Å². The van der Waals surface area contributed by atoms with Crippen LogP contribution in [0, 0.1) is 0 Å². The first kappa shape index (κ1) is 10.1. The van der Waals surface area contributed by atoms with Crippen molar-refractivity contribution in [1.29, 1.82) is 0 Å². The fourth-order valence-electron chi connectivity index (χ4n) is 1.52. The smallest absolute Gasteiger partial charge is 0.196 e. The lowest BCUT2D eigenvalue weighted by Gasteiger charge is -2.22. The number of aromatic nitrogens is 1. The summed E-state index contributed by atoms with van der Waals surface area (Å²) in [4.78, 5) is 15.8. The fourth-order valence-corrected chi connectivity index (χ4v) is 1.52. The third-order valence-corrected chi connectivity index (χ3v) is 2.34. The van der Waals surface area contributed by atoms with Crippen molar-refractivity contribution < 1.29 is 9.53 Å². The summed E-state index contributed by atoms with van der Waals surface area (Å²) in [7, 11) is 0. The first-order valence-electron chi connectivity index (χ1n) is 4.85. The Labute approximate surface area is 87.6 Å². The van der Waals surface area contributed by atoms with Crippen LogP contribution in [0.4, 0.5) is 5.69 Å². The predicted molar refractivity (Wildman–Crippen MR) is 55.6 cm³/mol. The number of ketones is 1. The molecule has 1 unspecified atom stereocenters. The van der Waals surface area contributed by atoms with Gasteiger partial charge in [0.2, 0.25) is 0 Å². The molecule has 1 saturated heterocycles. The highest BCUT2D eigenvalue weighted by atomic mass is 16.5. The van der Waals surface area contributed by atoms with Crippen LogP contribution in [0.5, 0.6) is 0 Å². The summed E-state index contributed by atoms with van der Waals surface area (Å²) in [5.41, 5.74) is 6.58. The summed E-state index contributed by atoms with van der Waals surface area (Å²) in [6.07, 6.45) is 2.60. The van der Waals surface area contributed by atoms with Crippen molar-refractivity contribution in [3.63, 3.8) is 0 Å². The molecule has 80 valence electrons. The second-order valence-corrected chi connectivity index (χ2v) is 3.39. The molecule has 2 rings (SSSR count). The van der Waals surface area contributed by atoms with Crippen molar-refractivity contribution in [2.24, 2.45) is 0 Å². The number of nitrogens with zero attached hydrogens (tertiary/aromatic N) is 1. The van der Waals surface area contributed by atoms with Gasteiger partial charge in [-0.2, -0.15) is 0 Å². The summed E-state index contributed by atoms with van der Waals surface area (Å²) in [6.45, 7) is 1.87. The number of nitrogen functional groups attached to an aromatic ring is 1. The number of nitrogens with two attached hydrogens (primary N) is 1. The zero-order chi connectivity index (χ0) is 10.7. The molecule has 15 heavy (non-hydrogen) atoms. The maximum atomic E-state index is 11.9. The lowest BCUT2D eigenvalue weighted by molar-refractivity contribution is 0.0270. The first-order chi connectivity index (χ1) is 7.29. The molecule has 0 spiro atoms. The highest BCUT2D eigenvalue weighted by Gasteiger charge is 2.24. The van der Waals surface area contributed by atoms with Crippen molar-refractivity contribution in [3.8, 4) is 0 Å². The number of ether oxygens (including phenoxy) is 1. The van der Waals surface area contributed by atoms with E-state index in [-0.39, 0.29) is 5.78 Å². The van der Waals surface area contributed by atoms with Gasteiger partial charge in [-0.05, 0) is 6.07 Å². The number of morpholine rings is 1. The Morgan fingerprint density at radius 3 is 3.20 bits per heavy atom. The van der Waals surface area contributed by atoms with Crippen LogP contribution in [0.3, 0.4) is 0 Å². The van der Waals surface area contributed by atoms with Crippen LogP contribution >= 0.6 is 0 Å². The molecule has 5 nitrogen and oxygen atoms in total. The Morgan fingerprint density at radius 1 is 1.67 bits per heavy atom. The zero-order valence-electron chi connectivity index (χ0n) is 8.27. The van der Waals surface area contributed by atoms with Gasteiger partial charge in [-0.1, -0.05) is 0 Å². The van der Waals surface area contributed by atoms with Crippen LogP contribution in [0.25, 0.3) is 0 Å². The van der Waals surface area contributed by atoms with Gasteiger partial charge in [0.1, 0.15) is 6.10 Å². The van der Waals surface area contributed by atoms with Crippen LogP contribution < -0.4 is 11.1 Å². The third-order valence-electron chi connectivity index (χ3n) is 2.34. The van der Waals surface area contributed by atoms with E-state index in [0.29, 0.717) is 24.4 Å². The number of hydrogen-bond donors (Lipinski definition) is 2. The number of rotatable bonds is 2. The van der Waals surface area contributed by atoms with E-state index in [1.807, 2.05) is 0 Å². The Balaban J connectivity index is 2.16. The molecule has 1 aliphatic rings. The molecule has 0 bridgehead atoms. The molecule has 0 radical (unpaired) electrons. The van der Waals surface area contributed by atoms with Crippen molar-refractivity contribution in [2.75, 3.05) is 25.4 Å². The Morgan fingerprint density at radius 2 is 2.53 bits per heavy atom. The number of anilines is 1. The molecule has 3 N–H and O–H groups in total. The Kier molecular flexibility index (Phi) is 2.94. The highest BCUT2D eigenvalue weighted by molar-refractivity contribution is 6.03. The Bertz CT molecular complexity index is 361. The molecule has 5 heteroatoms. The quantitative estimate of drug-likeness (QED) is 0.659. The van der Waals surface area contributed by atoms with Gasteiger partial charge in [0.15, 0.2) is 5.78 Å². The van der Waals surface area contributed by atoms with E-state index < -0.39 is 6.10 Å². The van der Waals surface area contributed by atoms with Crippen molar-refractivity contribution >= 4 is 11.5 Å². The average Bonchev–Trinajstić information content (AvgIpc) is 2.30.